The standard InChI is InChI=1S/C21H22N2O3/c1-5-23-19-9-8-16(11-18(19)22-15(4)20(23)24)21(25)26-12-17-10-13(2)6-7-14(17)3/h6-11H,5,12H2,1-4H3. The number of aromatic nitrogens is 2. The molecule has 5 heteroatoms. The van der Waals surface area contributed by atoms with Crippen LogP contribution >= 0.6 is 0 Å². The zero-order valence-electron chi connectivity index (χ0n) is 15.5. The summed E-state index contributed by atoms with van der Waals surface area (Å²) in [5.74, 6) is -0.401. The number of esters is 1. The van der Waals surface area contributed by atoms with E-state index >= 15 is 0 Å². The minimum atomic E-state index is -0.401. The van der Waals surface area contributed by atoms with Crippen LogP contribution in [0.2, 0.25) is 0 Å². The highest BCUT2D eigenvalue weighted by Crippen LogP contribution is 2.16. The lowest BCUT2D eigenvalue weighted by molar-refractivity contribution is 0.0472. The Morgan fingerprint density at radius 3 is 2.62 bits per heavy atom. The molecule has 0 fully saturated rings. The molecule has 3 rings (SSSR count). The van der Waals surface area contributed by atoms with Crippen molar-refractivity contribution >= 4 is 17.0 Å². The van der Waals surface area contributed by atoms with Gasteiger partial charge in [0.2, 0.25) is 0 Å². The molecule has 0 aliphatic carbocycles. The van der Waals surface area contributed by atoms with E-state index in [1.54, 1.807) is 29.7 Å². The molecule has 0 aliphatic heterocycles. The molecule has 0 radical (unpaired) electrons. The van der Waals surface area contributed by atoms with Crippen molar-refractivity contribution in [3.63, 3.8) is 0 Å². The van der Waals surface area contributed by atoms with Gasteiger partial charge in [0.15, 0.2) is 0 Å². The number of benzene rings is 2. The predicted octanol–water partition coefficient (Wildman–Crippen LogP) is 3.70. The number of rotatable bonds is 4. The number of hydrogen-bond acceptors (Lipinski definition) is 4. The Hall–Kier alpha value is -2.95. The first-order valence-electron chi connectivity index (χ1n) is 8.65. The van der Waals surface area contributed by atoms with Crippen molar-refractivity contribution in [2.24, 2.45) is 0 Å². The minimum absolute atomic E-state index is 0.106. The minimum Gasteiger partial charge on any atom is -0.457 e. The quantitative estimate of drug-likeness (QED) is 0.673. The Labute approximate surface area is 152 Å². The van der Waals surface area contributed by atoms with Gasteiger partial charge in [0, 0.05) is 6.54 Å². The average Bonchev–Trinajstić information content (AvgIpc) is 2.63. The molecule has 26 heavy (non-hydrogen) atoms. The maximum absolute atomic E-state index is 12.4. The van der Waals surface area contributed by atoms with Crippen molar-refractivity contribution in [2.45, 2.75) is 40.8 Å². The van der Waals surface area contributed by atoms with E-state index in [0.29, 0.717) is 28.8 Å². The summed E-state index contributed by atoms with van der Waals surface area (Å²) in [5.41, 5.74) is 5.28. The van der Waals surface area contributed by atoms with Crippen LogP contribution in [0.25, 0.3) is 11.0 Å². The van der Waals surface area contributed by atoms with Crippen molar-refractivity contribution in [1.29, 1.82) is 0 Å². The summed E-state index contributed by atoms with van der Waals surface area (Å²) in [7, 11) is 0. The number of aryl methyl sites for hydroxylation is 4. The first-order chi connectivity index (χ1) is 12.4. The second-order valence-corrected chi connectivity index (χ2v) is 6.46. The lowest BCUT2D eigenvalue weighted by Crippen LogP contribution is -2.23. The van der Waals surface area contributed by atoms with Gasteiger partial charge in [0.25, 0.3) is 5.56 Å². The van der Waals surface area contributed by atoms with Crippen molar-refractivity contribution < 1.29 is 9.53 Å². The molecule has 5 nitrogen and oxygen atoms in total. The SMILES string of the molecule is CCn1c(=O)c(C)nc2cc(C(=O)OCc3cc(C)ccc3C)ccc21. The average molecular weight is 350 g/mol. The van der Waals surface area contributed by atoms with Crippen LogP contribution in [0, 0.1) is 20.8 Å². The Morgan fingerprint density at radius 2 is 1.88 bits per heavy atom. The molecule has 0 N–H and O–H groups in total. The van der Waals surface area contributed by atoms with Crippen LogP contribution in [0.5, 0.6) is 0 Å². The summed E-state index contributed by atoms with van der Waals surface area (Å²) in [4.78, 5) is 28.9. The molecule has 0 unspecified atom stereocenters. The van der Waals surface area contributed by atoms with Crippen LogP contribution in [0.4, 0.5) is 0 Å². The van der Waals surface area contributed by atoms with Gasteiger partial charge in [0.1, 0.15) is 12.3 Å². The number of hydrogen-bond donors (Lipinski definition) is 0. The van der Waals surface area contributed by atoms with Crippen LogP contribution in [0.15, 0.2) is 41.2 Å². The van der Waals surface area contributed by atoms with Gasteiger partial charge in [0.05, 0.1) is 16.6 Å². The third kappa shape index (κ3) is 3.38. The summed E-state index contributed by atoms with van der Waals surface area (Å²) in [6.07, 6.45) is 0. The van der Waals surface area contributed by atoms with Crippen molar-refractivity contribution in [3.05, 3.63) is 74.7 Å². The lowest BCUT2D eigenvalue weighted by Gasteiger charge is -2.11. The normalized spacial score (nSPS) is 10.9. The highest BCUT2D eigenvalue weighted by atomic mass is 16.5. The number of fused-ring (bicyclic) bond motifs is 1. The third-order valence-electron chi connectivity index (χ3n) is 4.52. The molecule has 0 aliphatic rings. The van der Waals surface area contributed by atoms with E-state index in [2.05, 4.69) is 4.98 Å². The third-order valence-corrected chi connectivity index (χ3v) is 4.52. The number of carbonyl (C=O) groups excluding carboxylic acids is 1. The largest absolute Gasteiger partial charge is 0.457 e. The van der Waals surface area contributed by atoms with E-state index in [1.165, 1.54) is 0 Å². The molecule has 0 amide bonds. The zero-order valence-corrected chi connectivity index (χ0v) is 15.5. The predicted molar refractivity (Wildman–Crippen MR) is 101 cm³/mol. The summed E-state index contributed by atoms with van der Waals surface area (Å²) >= 11 is 0. The Morgan fingerprint density at radius 1 is 1.12 bits per heavy atom. The molecule has 2 aromatic carbocycles. The summed E-state index contributed by atoms with van der Waals surface area (Å²) < 4.78 is 7.13. The van der Waals surface area contributed by atoms with E-state index in [1.807, 2.05) is 39.0 Å². The van der Waals surface area contributed by atoms with Gasteiger partial charge in [-0.15, -0.1) is 0 Å². The molecule has 1 aromatic heterocycles. The van der Waals surface area contributed by atoms with E-state index in [0.717, 1.165) is 16.7 Å². The topological polar surface area (TPSA) is 61.2 Å². The Balaban J connectivity index is 1.88. The molecule has 1 heterocycles. The van der Waals surface area contributed by atoms with Gasteiger partial charge in [-0.25, -0.2) is 9.78 Å². The molecule has 3 aromatic rings. The fraction of sp³-hybridized carbons (Fsp3) is 0.286. The molecular weight excluding hydrogens is 328 g/mol. The maximum atomic E-state index is 12.4. The molecule has 0 bridgehead atoms. The molecule has 0 atom stereocenters. The smallest absolute Gasteiger partial charge is 0.338 e. The van der Waals surface area contributed by atoms with E-state index in [9.17, 15) is 9.59 Å². The zero-order chi connectivity index (χ0) is 18.8. The number of carbonyl (C=O) groups is 1. The number of ether oxygens (including phenoxy) is 1. The summed E-state index contributed by atoms with van der Waals surface area (Å²) in [5, 5.41) is 0. The van der Waals surface area contributed by atoms with Crippen LogP contribution < -0.4 is 5.56 Å². The molecule has 0 spiro atoms. The fourth-order valence-corrected chi connectivity index (χ4v) is 3.00. The lowest BCUT2D eigenvalue weighted by atomic mass is 10.1. The molecule has 0 saturated carbocycles. The Bertz CT molecular complexity index is 1050. The Kier molecular flexibility index (Phi) is 4.89. The first kappa shape index (κ1) is 17.9. The maximum Gasteiger partial charge on any atom is 0.338 e. The summed E-state index contributed by atoms with van der Waals surface area (Å²) in [6.45, 7) is 8.37. The van der Waals surface area contributed by atoms with E-state index in [4.69, 9.17) is 4.74 Å². The molecular formula is C21H22N2O3. The molecule has 134 valence electrons. The van der Waals surface area contributed by atoms with E-state index < -0.39 is 5.97 Å². The molecule has 0 saturated heterocycles. The van der Waals surface area contributed by atoms with E-state index in [-0.39, 0.29) is 12.2 Å². The van der Waals surface area contributed by atoms with Crippen LogP contribution in [0.3, 0.4) is 0 Å². The van der Waals surface area contributed by atoms with Gasteiger partial charge in [-0.1, -0.05) is 23.8 Å². The van der Waals surface area contributed by atoms with Gasteiger partial charge in [-0.05, 0) is 57.0 Å². The number of nitrogens with zero attached hydrogens (tertiary/aromatic N) is 2. The van der Waals surface area contributed by atoms with Gasteiger partial charge in [-0.3, -0.25) is 4.79 Å². The highest BCUT2D eigenvalue weighted by Gasteiger charge is 2.13. The fourth-order valence-electron chi connectivity index (χ4n) is 3.00. The highest BCUT2D eigenvalue weighted by molar-refractivity contribution is 5.93. The van der Waals surface area contributed by atoms with Crippen LogP contribution in [-0.2, 0) is 17.9 Å². The van der Waals surface area contributed by atoms with Crippen molar-refractivity contribution in [2.75, 3.05) is 0 Å². The van der Waals surface area contributed by atoms with Crippen LogP contribution in [0.1, 0.15) is 39.7 Å². The van der Waals surface area contributed by atoms with Gasteiger partial charge in [-0.2, -0.15) is 0 Å². The summed E-state index contributed by atoms with van der Waals surface area (Å²) in [6, 6.07) is 11.2. The first-order valence-corrected chi connectivity index (χ1v) is 8.65. The van der Waals surface area contributed by atoms with Crippen molar-refractivity contribution in [3.8, 4) is 0 Å². The van der Waals surface area contributed by atoms with Gasteiger partial charge >= 0.3 is 5.97 Å². The van der Waals surface area contributed by atoms with Crippen molar-refractivity contribution in [1.82, 2.24) is 9.55 Å². The second-order valence-electron chi connectivity index (χ2n) is 6.46. The second kappa shape index (κ2) is 7.12. The van der Waals surface area contributed by atoms with Gasteiger partial charge < -0.3 is 9.30 Å². The monoisotopic (exact) mass is 350 g/mol. The van der Waals surface area contributed by atoms with Crippen LogP contribution in [-0.4, -0.2) is 15.5 Å².